The van der Waals surface area contributed by atoms with Crippen molar-refractivity contribution < 1.29 is 4.79 Å². The molecule has 1 aliphatic heterocycles. The fraction of sp³-hybridized carbons (Fsp3) is 0.400. The number of amides is 1. The van der Waals surface area contributed by atoms with Gasteiger partial charge < -0.3 is 9.88 Å². The molecule has 0 unspecified atom stereocenters. The number of nitrogens with zero attached hydrogens (tertiary/aromatic N) is 3. The van der Waals surface area contributed by atoms with E-state index in [-0.39, 0.29) is 11.2 Å². The summed E-state index contributed by atoms with van der Waals surface area (Å²) in [6, 6.07) is 6.38. The van der Waals surface area contributed by atoms with Crippen molar-refractivity contribution in [2.75, 3.05) is 0 Å². The van der Waals surface area contributed by atoms with Crippen molar-refractivity contribution in [3.63, 3.8) is 0 Å². The standard InChI is InChI=1S/C15H18N4OS/c1-3-19-9-17-18-14(19)8-16-15(20)13-7-11-5-4-10(2)6-12(11)21-13/h4-6,9,13H,3,7-8H2,1-2H3,(H,16,20)/t13-/m1/s1. The van der Waals surface area contributed by atoms with E-state index in [0.717, 1.165) is 18.8 Å². The van der Waals surface area contributed by atoms with Gasteiger partial charge in [0.2, 0.25) is 5.91 Å². The monoisotopic (exact) mass is 302 g/mol. The van der Waals surface area contributed by atoms with Gasteiger partial charge in [-0.15, -0.1) is 22.0 Å². The Bertz CT molecular complexity index is 667. The molecular weight excluding hydrogens is 284 g/mol. The van der Waals surface area contributed by atoms with Crippen LogP contribution in [0.3, 0.4) is 0 Å². The van der Waals surface area contributed by atoms with Crippen LogP contribution in [0.5, 0.6) is 0 Å². The highest BCUT2D eigenvalue weighted by molar-refractivity contribution is 8.01. The van der Waals surface area contributed by atoms with Gasteiger partial charge in [0.1, 0.15) is 6.33 Å². The van der Waals surface area contributed by atoms with Gasteiger partial charge in [0.15, 0.2) is 5.82 Å². The van der Waals surface area contributed by atoms with Crippen molar-refractivity contribution in [2.45, 2.75) is 43.5 Å². The second-order valence-corrected chi connectivity index (χ2v) is 6.42. The average molecular weight is 302 g/mol. The average Bonchev–Trinajstić information content (AvgIpc) is 3.10. The maximum Gasteiger partial charge on any atom is 0.234 e. The lowest BCUT2D eigenvalue weighted by Gasteiger charge is -2.10. The molecule has 6 heteroatoms. The van der Waals surface area contributed by atoms with Crippen LogP contribution in [0.2, 0.25) is 0 Å². The number of nitrogens with one attached hydrogen (secondary N) is 1. The molecule has 0 fully saturated rings. The second kappa shape index (κ2) is 5.89. The van der Waals surface area contributed by atoms with Gasteiger partial charge in [0.25, 0.3) is 0 Å². The molecule has 21 heavy (non-hydrogen) atoms. The largest absolute Gasteiger partial charge is 0.348 e. The zero-order valence-corrected chi connectivity index (χ0v) is 13.0. The Morgan fingerprint density at radius 2 is 2.38 bits per heavy atom. The summed E-state index contributed by atoms with van der Waals surface area (Å²) >= 11 is 1.65. The van der Waals surface area contributed by atoms with Crippen molar-refractivity contribution in [2.24, 2.45) is 0 Å². The van der Waals surface area contributed by atoms with Crippen LogP contribution < -0.4 is 5.32 Å². The maximum absolute atomic E-state index is 12.3. The fourth-order valence-corrected chi connectivity index (χ4v) is 3.76. The number of hydrogen-bond acceptors (Lipinski definition) is 4. The molecule has 1 aromatic heterocycles. The van der Waals surface area contributed by atoms with Crippen LogP contribution in [0, 0.1) is 6.92 Å². The minimum Gasteiger partial charge on any atom is -0.348 e. The van der Waals surface area contributed by atoms with Gasteiger partial charge in [-0.05, 0) is 31.9 Å². The molecule has 0 saturated carbocycles. The third-order valence-corrected chi connectivity index (χ3v) is 4.95. The highest BCUT2D eigenvalue weighted by atomic mass is 32.2. The summed E-state index contributed by atoms with van der Waals surface area (Å²) in [4.78, 5) is 13.5. The van der Waals surface area contributed by atoms with E-state index in [1.54, 1.807) is 18.1 Å². The molecule has 1 amide bonds. The molecule has 110 valence electrons. The number of carbonyl (C=O) groups is 1. The van der Waals surface area contributed by atoms with Gasteiger partial charge >= 0.3 is 0 Å². The number of thioether (sulfide) groups is 1. The SMILES string of the molecule is CCn1cnnc1CNC(=O)[C@H]1Cc2ccc(C)cc2S1. The number of aromatic nitrogens is 3. The van der Waals surface area contributed by atoms with Gasteiger partial charge in [-0.2, -0.15) is 0 Å². The molecule has 2 aromatic rings. The van der Waals surface area contributed by atoms with Gasteiger partial charge in [-0.1, -0.05) is 17.7 Å². The van der Waals surface area contributed by atoms with Crippen LogP contribution in [0.15, 0.2) is 29.4 Å². The Kier molecular flexibility index (Phi) is 3.96. The first-order valence-electron chi connectivity index (χ1n) is 7.08. The van der Waals surface area contributed by atoms with E-state index in [9.17, 15) is 4.79 Å². The van der Waals surface area contributed by atoms with Crippen LogP contribution in [0.25, 0.3) is 0 Å². The van der Waals surface area contributed by atoms with Gasteiger partial charge in [-0.3, -0.25) is 4.79 Å². The Morgan fingerprint density at radius 1 is 1.52 bits per heavy atom. The van der Waals surface area contributed by atoms with Crippen molar-refractivity contribution in [1.29, 1.82) is 0 Å². The minimum absolute atomic E-state index is 0.0419. The van der Waals surface area contributed by atoms with Crippen LogP contribution >= 0.6 is 11.8 Å². The van der Waals surface area contributed by atoms with Crippen molar-refractivity contribution in [3.8, 4) is 0 Å². The highest BCUT2D eigenvalue weighted by Crippen LogP contribution is 2.37. The summed E-state index contributed by atoms with van der Waals surface area (Å²) in [5, 5.41) is 10.8. The zero-order valence-electron chi connectivity index (χ0n) is 12.2. The Morgan fingerprint density at radius 3 is 3.19 bits per heavy atom. The molecule has 5 nitrogen and oxygen atoms in total. The molecule has 1 aliphatic rings. The van der Waals surface area contributed by atoms with Gasteiger partial charge in [-0.25, -0.2) is 0 Å². The third kappa shape index (κ3) is 2.95. The number of benzene rings is 1. The topological polar surface area (TPSA) is 59.8 Å². The Balaban J connectivity index is 1.60. The first-order chi connectivity index (χ1) is 10.2. The molecule has 0 radical (unpaired) electrons. The molecule has 1 aromatic carbocycles. The van der Waals surface area contributed by atoms with E-state index in [1.165, 1.54) is 16.0 Å². The van der Waals surface area contributed by atoms with Crippen LogP contribution in [0.4, 0.5) is 0 Å². The first-order valence-corrected chi connectivity index (χ1v) is 7.96. The lowest BCUT2D eigenvalue weighted by Crippen LogP contribution is -2.32. The Labute approximate surface area is 128 Å². The Hall–Kier alpha value is -1.82. The molecule has 0 bridgehead atoms. The molecular formula is C15H18N4OS. The van der Waals surface area contributed by atoms with E-state index in [1.807, 2.05) is 11.5 Å². The van der Waals surface area contributed by atoms with Crippen molar-refractivity contribution in [1.82, 2.24) is 20.1 Å². The predicted octanol–water partition coefficient (Wildman–Crippen LogP) is 1.94. The lowest BCUT2D eigenvalue weighted by molar-refractivity contribution is -0.120. The summed E-state index contributed by atoms with van der Waals surface area (Å²) in [6.07, 6.45) is 2.48. The smallest absolute Gasteiger partial charge is 0.234 e. The van der Waals surface area contributed by atoms with E-state index < -0.39 is 0 Å². The van der Waals surface area contributed by atoms with Crippen LogP contribution in [-0.2, 0) is 24.3 Å². The van der Waals surface area contributed by atoms with Crippen molar-refractivity contribution >= 4 is 17.7 Å². The quantitative estimate of drug-likeness (QED) is 0.937. The lowest BCUT2D eigenvalue weighted by atomic mass is 10.1. The van der Waals surface area contributed by atoms with Gasteiger partial charge in [0.05, 0.1) is 11.8 Å². The fourth-order valence-electron chi connectivity index (χ4n) is 2.44. The van der Waals surface area contributed by atoms with E-state index in [4.69, 9.17) is 0 Å². The van der Waals surface area contributed by atoms with E-state index in [2.05, 4.69) is 40.6 Å². The van der Waals surface area contributed by atoms with Gasteiger partial charge in [0, 0.05) is 11.4 Å². The van der Waals surface area contributed by atoms with Crippen LogP contribution in [-0.4, -0.2) is 25.9 Å². The van der Waals surface area contributed by atoms with E-state index in [0.29, 0.717) is 6.54 Å². The normalized spacial score (nSPS) is 16.8. The highest BCUT2D eigenvalue weighted by Gasteiger charge is 2.28. The minimum atomic E-state index is -0.0419. The summed E-state index contributed by atoms with van der Waals surface area (Å²) in [7, 11) is 0. The number of fused-ring (bicyclic) bond motifs is 1. The number of aryl methyl sites for hydroxylation is 2. The number of hydrogen-bond donors (Lipinski definition) is 1. The number of carbonyl (C=O) groups excluding carboxylic acids is 1. The van der Waals surface area contributed by atoms with Crippen LogP contribution in [0.1, 0.15) is 23.9 Å². The maximum atomic E-state index is 12.3. The van der Waals surface area contributed by atoms with Crippen molar-refractivity contribution in [3.05, 3.63) is 41.5 Å². The molecule has 2 heterocycles. The summed E-state index contributed by atoms with van der Waals surface area (Å²) in [5.41, 5.74) is 2.50. The number of rotatable bonds is 4. The zero-order chi connectivity index (χ0) is 14.8. The third-order valence-electron chi connectivity index (χ3n) is 3.65. The van der Waals surface area contributed by atoms with E-state index >= 15 is 0 Å². The molecule has 0 saturated heterocycles. The summed E-state index contributed by atoms with van der Waals surface area (Å²) < 4.78 is 1.93. The summed E-state index contributed by atoms with van der Waals surface area (Å²) in [5.74, 6) is 0.863. The predicted molar refractivity (Wildman–Crippen MR) is 82.1 cm³/mol. The molecule has 1 atom stereocenters. The second-order valence-electron chi connectivity index (χ2n) is 5.17. The molecule has 0 aliphatic carbocycles. The molecule has 0 spiro atoms. The molecule has 1 N–H and O–H groups in total. The summed E-state index contributed by atoms with van der Waals surface area (Å²) in [6.45, 7) is 5.34. The first kappa shape index (κ1) is 14.1. The molecule has 3 rings (SSSR count).